The van der Waals surface area contributed by atoms with Gasteiger partial charge >= 0.3 is 5.97 Å². The largest absolute Gasteiger partial charge is 0.493 e. The second-order valence-corrected chi connectivity index (χ2v) is 7.36. The molecule has 1 atom stereocenters. The Kier molecular flexibility index (Phi) is 7.78. The average Bonchev–Trinajstić information content (AvgIpc) is 3.21. The number of esters is 1. The van der Waals surface area contributed by atoms with Crippen molar-refractivity contribution in [2.45, 2.75) is 19.4 Å². The maximum atomic E-state index is 12.5. The smallest absolute Gasteiger partial charge is 0.328 e. The zero-order valence-electron chi connectivity index (χ0n) is 18.1. The van der Waals surface area contributed by atoms with Crippen molar-refractivity contribution in [1.82, 2.24) is 10.3 Å². The number of H-pyrrole nitrogens is 1. The Hall–Kier alpha value is -3.45. The fraction of sp³-hybridized carbons (Fsp3) is 0.250. The quantitative estimate of drug-likeness (QED) is 0.373. The Morgan fingerprint density at radius 1 is 1.22 bits per heavy atom. The first-order valence-corrected chi connectivity index (χ1v) is 10.5. The predicted octanol–water partition coefficient (Wildman–Crippen LogP) is 4.14. The first kappa shape index (κ1) is 23.2. The van der Waals surface area contributed by atoms with Crippen molar-refractivity contribution in [3.63, 3.8) is 0 Å². The fourth-order valence-corrected chi connectivity index (χ4v) is 3.64. The van der Waals surface area contributed by atoms with Gasteiger partial charge in [-0.05, 0) is 42.3 Å². The third-order valence-corrected chi connectivity index (χ3v) is 5.15. The summed E-state index contributed by atoms with van der Waals surface area (Å²) in [6.45, 7) is 2.29. The van der Waals surface area contributed by atoms with Gasteiger partial charge in [-0.1, -0.05) is 29.8 Å². The number of nitrogens with one attached hydrogen (secondary N) is 2. The second kappa shape index (κ2) is 10.7. The van der Waals surface area contributed by atoms with E-state index in [1.807, 2.05) is 37.4 Å². The molecule has 0 bridgehead atoms. The number of carbonyl (C=O) groups is 2. The lowest BCUT2D eigenvalue weighted by molar-refractivity contribution is -0.144. The molecule has 8 heteroatoms. The number of para-hydroxylation sites is 1. The van der Waals surface area contributed by atoms with E-state index >= 15 is 0 Å². The van der Waals surface area contributed by atoms with Gasteiger partial charge in [0, 0.05) is 29.6 Å². The number of hydrogen-bond acceptors (Lipinski definition) is 5. The van der Waals surface area contributed by atoms with Crippen molar-refractivity contribution >= 4 is 40.5 Å². The summed E-state index contributed by atoms with van der Waals surface area (Å²) in [6, 6.07) is 10.3. The van der Waals surface area contributed by atoms with Gasteiger partial charge in [0.05, 0.1) is 25.8 Å². The highest BCUT2D eigenvalue weighted by molar-refractivity contribution is 6.32. The van der Waals surface area contributed by atoms with Crippen LogP contribution in [0, 0.1) is 0 Å². The van der Waals surface area contributed by atoms with E-state index < -0.39 is 17.9 Å². The monoisotopic (exact) mass is 456 g/mol. The standard InChI is InChI=1S/C24H25ClN2O5/c1-4-32-23-18(25)11-15(12-21(23)30-2)9-10-22(28)27-20(24(29)31-3)13-16-14-26-19-8-6-5-7-17(16)19/h5-12,14,20,26H,4,13H2,1-3H3,(H,27,28). The minimum atomic E-state index is -0.838. The minimum absolute atomic E-state index is 0.291. The Bertz CT molecular complexity index is 1140. The van der Waals surface area contributed by atoms with Crippen LogP contribution >= 0.6 is 11.6 Å². The molecular formula is C24H25ClN2O5. The molecule has 0 saturated heterocycles. The summed E-state index contributed by atoms with van der Waals surface area (Å²) >= 11 is 6.28. The highest BCUT2D eigenvalue weighted by atomic mass is 35.5. The number of fused-ring (bicyclic) bond motifs is 1. The number of aromatic nitrogens is 1. The van der Waals surface area contributed by atoms with Crippen LogP contribution in [0.2, 0.25) is 5.02 Å². The Balaban J connectivity index is 1.75. The van der Waals surface area contributed by atoms with Gasteiger partial charge in [-0.15, -0.1) is 0 Å². The molecule has 2 aromatic carbocycles. The van der Waals surface area contributed by atoms with Gasteiger partial charge in [0.2, 0.25) is 5.91 Å². The van der Waals surface area contributed by atoms with Crippen LogP contribution < -0.4 is 14.8 Å². The molecule has 0 saturated carbocycles. The summed E-state index contributed by atoms with van der Waals surface area (Å²) in [4.78, 5) is 28.0. The van der Waals surface area contributed by atoms with Crippen molar-refractivity contribution in [2.75, 3.05) is 20.8 Å². The van der Waals surface area contributed by atoms with Gasteiger partial charge in [-0.2, -0.15) is 0 Å². The van der Waals surface area contributed by atoms with E-state index in [9.17, 15) is 9.59 Å². The van der Waals surface area contributed by atoms with Crippen molar-refractivity contribution < 1.29 is 23.8 Å². The summed E-state index contributed by atoms with van der Waals surface area (Å²) in [5, 5.41) is 4.07. The highest BCUT2D eigenvalue weighted by Crippen LogP contribution is 2.36. The molecule has 1 unspecified atom stereocenters. The van der Waals surface area contributed by atoms with Gasteiger partial charge in [-0.25, -0.2) is 4.79 Å². The molecule has 0 aliphatic heterocycles. The molecule has 0 aliphatic carbocycles. The third-order valence-electron chi connectivity index (χ3n) is 4.87. The van der Waals surface area contributed by atoms with Crippen LogP contribution in [0.25, 0.3) is 17.0 Å². The number of methoxy groups -OCH3 is 2. The zero-order valence-corrected chi connectivity index (χ0v) is 18.9. The molecule has 1 aromatic heterocycles. The first-order valence-electron chi connectivity index (χ1n) is 10.1. The second-order valence-electron chi connectivity index (χ2n) is 6.95. The summed E-state index contributed by atoms with van der Waals surface area (Å²) in [5.74, 6) is -0.0547. The van der Waals surface area contributed by atoms with E-state index in [4.69, 9.17) is 25.8 Å². The number of benzene rings is 2. The molecule has 1 heterocycles. The molecular weight excluding hydrogens is 432 g/mol. The van der Waals surface area contributed by atoms with E-state index in [2.05, 4.69) is 10.3 Å². The zero-order chi connectivity index (χ0) is 23.1. The van der Waals surface area contributed by atoms with Gasteiger partial charge in [0.1, 0.15) is 6.04 Å². The van der Waals surface area contributed by atoms with Crippen LogP contribution in [0.4, 0.5) is 0 Å². The van der Waals surface area contributed by atoms with Crippen LogP contribution in [0.5, 0.6) is 11.5 Å². The number of aromatic amines is 1. The van der Waals surface area contributed by atoms with Gasteiger partial charge < -0.3 is 24.5 Å². The molecule has 0 fully saturated rings. The molecule has 1 amide bonds. The number of rotatable bonds is 9. The molecule has 3 rings (SSSR count). The first-order chi connectivity index (χ1) is 15.5. The summed E-state index contributed by atoms with van der Waals surface area (Å²) < 4.78 is 15.7. The van der Waals surface area contributed by atoms with E-state index in [1.54, 1.807) is 18.2 Å². The van der Waals surface area contributed by atoms with Crippen molar-refractivity contribution in [3.05, 3.63) is 64.8 Å². The van der Waals surface area contributed by atoms with Gasteiger partial charge in [-0.3, -0.25) is 4.79 Å². The molecule has 3 aromatic rings. The van der Waals surface area contributed by atoms with E-state index in [-0.39, 0.29) is 0 Å². The number of halogens is 1. The van der Waals surface area contributed by atoms with E-state index in [0.717, 1.165) is 16.5 Å². The van der Waals surface area contributed by atoms with Crippen molar-refractivity contribution in [1.29, 1.82) is 0 Å². The lowest BCUT2D eigenvalue weighted by Crippen LogP contribution is -2.42. The topological polar surface area (TPSA) is 89.7 Å². The number of amides is 1. The molecule has 32 heavy (non-hydrogen) atoms. The summed E-state index contributed by atoms with van der Waals surface area (Å²) in [7, 11) is 2.81. The van der Waals surface area contributed by atoms with Gasteiger partial charge in [0.15, 0.2) is 11.5 Å². The molecule has 0 radical (unpaired) electrons. The Morgan fingerprint density at radius 3 is 2.72 bits per heavy atom. The van der Waals surface area contributed by atoms with Gasteiger partial charge in [0.25, 0.3) is 0 Å². The SMILES string of the molecule is CCOc1c(Cl)cc(C=CC(=O)NC(Cc2c[nH]c3ccccc23)C(=O)OC)cc1OC. The lowest BCUT2D eigenvalue weighted by atomic mass is 10.0. The highest BCUT2D eigenvalue weighted by Gasteiger charge is 2.22. The van der Waals surface area contributed by atoms with Crippen LogP contribution in [-0.2, 0) is 20.7 Å². The maximum absolute atomic E-state index is 12.5. The van der Waals surface area contributed by atoms with E-state index in [0.29, 0.717) is 35.1 Å². The molecule has 0 aliphatic rings. The molecule has 0 spiro atoms. The maximum Gasteiger partial charge on any atom is 0.328 e. The Morgan fingerprint density at radius 2 is 2.00 bits per heavy atom. The predicted molar refractivity (Wildman–Crippen MR) is 124 cm³/mol. The van der Waals surface area contributed by atoms with Crippen LogP contribution in [0.15, 0.2) is 48.7 Å². The lowest BCUT2D eigenvalue weighted by Gasteiger charge is -2.15. The number of ether oxygens (including phenoxy) is 3. The van der Waals surface area contributed by atoms with Crippen molar-refractivity contribution in [2.24, 2.45) is 0 Å². The van der Waals surface area contributed by atoms with Crippen molar-refractivity contribution in [3.8, 4) is 11.5 Å². The third kappa shape index (κ3) is 5.42. The minimum Gasteiger partial charge on any atom is -0.493 e. The summed E-state index contributed by atoms with van der Waals surface area (Å²) in [6.07, 6.45) is 5.03. The molecule has 7 nitrogen and oxygen atoms in total. The van der Waals surface area contributed by atoms with Crippen LogP contribution in [0.1, 0.15) is 18.1 Å². The number of hydrogen-bond donors (Lipinski definition) is 2. The summed E-state index contributed by atoms with van der Waals surface area (Å²) in [5.41, 5.74) is 2.51. The molecule has 168 valence electrons. The molecule has 2 N–H and O–H groups in total. The van der Waals surface area contributed by atoms with Crippen LogP contribution in [0.3, 0.4) is 0 Å². The normalized spacial score (nSPS) is 12.0. The Labute approximate surface area is 191 Å². The van der Waals surface area contributed by atoms with Crippen LogP contribution in [-0.4, -0.2) is 43.7 Å². The number of carbonyl (C=O) groups excluding carboxylic acids is 2. The average molecular weight is 457 g/mol. The van der Waals surface area contributed by atoms with E-state index in [1.165, 1.54) is 20.3 Å². The fourth-order valence-electron chi connectivity index (χ4n) is 3.37.